The average molecular weight is 885 g/mol. The van der Waals surface area contributed by atoms with Gasteiger partial charge in [-0.25, -0.2) is 0 Å². The zero-order valence-electron chi connectivity index (χ0n) is 42.1. The standard InChI is InChI=1S/C57H104O6/c1-4-7-10-13-16-19-22-25-27-28-30-32-35-38-41-44-47-50-56(59)62-53-54(52-61-55(58)49-46-43-40-37-34-31-24-21-18-15-12-9-6-3)63-57(60)51-48-45-42-39-36-33-29-26-23-20-17-14-11-8-5-2/h12,15,21,24,26,29,54H,4-11,13-14,16-20,22-23,25,27-28,30-53H2,1-3H3/b15-12-,24-21-,29-26-. The fourth-order valence-corrected chi connectivity index (χ4v) is 7.95. The Morgan fingerprint density at radius 2 is 0.603 bits per heavy atom. The quantitative estimate of drug-likeness (QED) is 0.0262. The zero-order chi connectivity index (χ0) is 45.8. The molecule has 0 rings (SSSR count). The zero-order valence-corrected chi connectivity index (χ0v) is 42.1. The van der Waals surface area contributed by atoms with Crippen molar-refractivity contribution >= 4 is 17.9 Å². The Labute approximate surface area is 391 Å². The second kappa shape index (κ2) is 52.3. The first kappa shape index (κ1) is 60.6. The van der Waals surface area contributed by atoms with Crippen LogP contribution in [0, 0.1) is 0 Å². The topological polar surface area (TPSA) is 78.9 Å². The summed E-state index contributed by atoms with van der Waals surface area (Å²) in [6, 6.07) is 0. The average Bonchev–Trinajstić information content (AvgIpc) is 3.28. The van der Waals surface area contributed by atoms with E-state index in [0.29, 0.717) is 19.3 Å². The number of esters is 3. The summed E-state index contributed by atoms with van der Waals surface area (Å²) < 4.78 is 16.8. The van der Waals surface area contributed by atoms with E-state index < -0.39 is 6.10 Å². The summed E-state index contributed by atoms with van der Waals surface area (Å²) >= 11 is 0. The van der Waals surface area contributed by atoms with E-state index in [4.69, 9.17) is 14.2 Å². The summed E-state index contributed by atoms with van der Waals surface area (Å²) in [4.78, 5) is 38.0. The van der Waals surface area contributed by atoms with Gasteiger partial charge in [-0.2, -0.15) is 0 Å². The SMILES string of the molecule is CCC/C=C\C/C=C\CCCCCCCC(=O)OCC(COC(=O)CCCCCCCCCCCCCCCCCCC)OC(=O)CCCCCCC/C=C\CCCCCCCC. The van der Waals surface area contributed by atoms with Crippen molar-refractivity contribution in [1.29, 1.82) is 0 Å². The molecule has 0 N–H and O–H groups in total. The van der Waals surface area contributed by atoms with Crippen LogP contribution in [0.1, 0.15) is 290 Å². The number of ether oxygens (including phenoxy) is 3. The molecule has 6 nitrogen and oxygen atoms in total. The fourth-order valence-electron chi connectivity index (χ4n) is 7.95. The van der Waals surface area contributed by atoms with Crippen LogP contribution < -0.4 is 0 Å². The molecule has 0 aliphatic carbocycles. The van der Waals surface area contributed by atoms with Gasteiger partial charge in [0.25, 0.3) is 0 Å². The van der Waals surface area contributed by atoms with E-state index in [0.717, 1.165) is 89.9 Å². The molecule has 0 radical (unpaired) electrons. The van der Waals surface area contributed by atoms with Crippen molar-refractivity contribution < 1.29 is 28.6 Å². The van der Waals surface area contributed by atoms with Crippen LogP contribution in [-0.4, -0.2) is 37.2 Å². The van der Waals surface area contributed by atoms with Gasteiger partial charge in [0, 0.05) is 19.3 Å². The van der Waals surface area contributed by atoms with Crippen molar-refractivity contribution in [2.45, 2.75) is 297 Å². The highest BCUT2D eigenvalue weighted by Gasteiger charge is 2.19. The van der Waals surface area contributed by atoms with E-state index >= 15 is 0 Å². The largest absolute Gasteiger partial charge is 0.462 e. The van der Waals surface area contributed by atoms with Gasteiger partial charge >= 0.3 is 17.9 Å². The molecule has 368 valence electrons. The molecule has 0 saturated carbocycles. The van der Waals surface area contributed by atoms with Crippen LogP contribution >= 0.6 is 0 Å². The summed E-state index contributed by atoms with van der Waals surface area (Å²) in [7, 11) is 0. The van der Waals surface area contributed by atoms with Gasteiger partial charge in [0.15, 0.2) is 6.10 Å². The summed E-state index contributed by atoms with van der Waals surface area (Å²) in [5, 5.41) is 0. The molecule has 0 aromatic rings. The maximum Gasteiger partial charge on any atom is 0.306 e. The van der Waals surface area contributed by atoms with Crippen LogP contribution in [0.25, 0.3) is 0 Å². The molecule has 0 aliphatic rings. The van der Waals surface area contributed by atoms with E-state index in [1.54, 1.807) is 0 Å². The molecule has 0 heterocycles. The Balaban J connectivity index is 4.35. The molecule has 1 unspecified atom stereocenters. The second-order valence-corrected chi connectivity index (χ2v) is 18.5. The highest BCUT2D eigenvalue weighted by molar-refractivity contribution is 5.71. The molecular formula is C57H104O6. The van der Waals surface area contributed by atoms with Crippen LogP contribution in [0.5, 0.6) is 0 Å². The minimum absolute atomic E-state index is 0.0767. The Kier molecular flexibility index (Phi) is 50.3. The van der Waals surface area contributed by atoms with Gasteiger partial charge < -0.3 is 14.2 Å². The van der Waals surface area contributed by atoms with E-state index in [1.165, 1.54) is 161 Å². The number of hydrogen-bond donors (Lipinski definition) is 0. The van der Waals surface area contributed by atoms with E-state index in [2.05, 4.69) is 57.2 Å². The number of rotatable bonds is 50. The highest BCUT2D eigenvalue weighted by Crippen LogP contribution is 2.16. The van der Waals surface area contributed by atoms with Gasteiger partial charge in [-0.1, -0.05) is 237 Å². The molecule has 1 atom stereocenters. The maximum absolute atomic E-state index is 12.8. The number of hydrogen-bond acceptors (Lipinski definition) is 6. The van der Waals surface area contributed by atoms with Gasteiger partial charge in [-0.05, 0) is 70.6 Å². The van der Waals surface area contributed by atoms with Gasteiger partial charge in [0.05, 0.1) is 0 Å². The molecule has 63 heavy (non-hydrogen) atoms. The third-order valence-corrected chi connectivity index (χ3v) is 12.1. The molecule has 0 amide bonds. The van der Waals surface area contributed by atoms with Crippen LogP contribution in [0.2, 0.25) is 0 Å². The van der Waals surface area contributed by atoms with Gasteiger partial charge in [0.1, 0.15) is 13.2 Å². The molecule has 0 bridgehead atoms. The van der Waals surface area contributed by atoms with E-state index in [9.17, 15) is 14.4 Å². The van der Waals surface area contributed by atoms with Crippen molar-refractivity contribution in [3.05, 3.63) is 36.5 Å². The van der Waals surface area contributed by atoms with Crippen molar-refractivity contribution in [2.75, 3.05) is 13.2 Å². The number of allylic oxidation sites excluding steroid dienone is 6. The summed E-state index contributed by atoms with van der Waals surface area (Å²) in [5.74, 6) is -0.886. The summed E-state index contributed by atoms with van der Waals surface area (Å²) in [6.45, 7) is 6.58. The van der Waals surface area contributed by atoms with Crippen molar-refractivity contribution in [3.63, 3.8) is 0 Å². The Bertz CT molecular complexity index is 1060. The van der Waals surface area contributed by atoms with Crippen molar-refractivity contribution in [1.82, 2.24) is 0 Å². The van der Waals surface area contributed by atoms with Crippen molar-refractivity contribution in [2.24, 2.45) is 0 Å². The number of carbonyl (C=O) groups excluding carboxylic acids is 3. The minimum Gasteiger partial charge on any atom is -0.462 e. The molecule has 0 fully saturated rings. The third kappa shape index (κ3) is 50.5. The highest BCUT2D eigenvalue weighted by atomic mass is 16.6. The molecular weight excluding hydrogens is 781 g/mol. The molecule has 0 aliphatic heterocycles. The molecule has 0 spiro atoms. The smallest absolute Gasteiger partial charge is 0.306 e. The molecule has 0 aromatic heterocycles. The van der Waals surface area contributed by atoms with Crippen LogP contribution in [0.15, 0.2) is 36.5 Å². The van der Waals surface area contributed by atoms with Crippen LogP contribution in [0.4, 0.5) is 0 Å². The lowest BCUT2D eigenvalue weighted by atomic mass is 10.0. The lowest BCUT2D eigenvalue weighted by Crippen LogP contribution is -2.30. The van der Waals surface area contributed by atoms with Gasteiger partial charge in [-0.3, -0.25) is 14.4 Å². The van der Waals surface area contributed by atoms with E-state index in [1.807, 2.05) is 0 Å². The number of carbonyl (C=O) groups is 3. The van der Waals surface area contributed by atoms with Gasteiger partial charge in [0.2, 0.25) is 0 Å². The summed E-state index contributed by atoms with van der Waals surface area (Å²) in [6.07, 6.45) is 61.3. The predicted molar refractivity (Wildman–Crippen MR) is 270 cm³/mol. The third-order valence-electron chi connectivity index (χ3n) is 12.1. The first-order valence-corrected chi connectivity index (χ1v) is 27.5. The minimum atomic E-state index is -0.778. The Morgan fingerprint density at radius 1 is 0.317 bits per heavy atom. The monoisotopic (exact) mass is 885 g/mol. The van der Waals surface area contributed by atoms with Crippen LogP contribution in [-0.2, 0) is 28.6 Å². The second-order valence-electron chi connectivity index (χ2n) is 18.5. The first-order chi connectivity index (χ1) is 31.0. The van der Waals surface area contributed by atoms with Crippen LogP contribution in [0.3, 0.4) is 0 Å². The normalized spacial score (nSPS) is 12.2. The fraction of sp³-hybridized carbons (Fsp3) is 0.842. The van der Waals surface area contributed by atoms with Crippen molar-refractivity contribution in [3.8, 4) is 0 Å². The lowest BCUT2D eigenvalue weighted by Gasteiger charge is -2.18. The van der Waals surface area contributed by atoms with E-state index in [-0.39, 0.29) is 31.1 Å². The number of unbranched alkanes of at least 4 members (excludes halogenated alkanes) is 33. The first-order valence-electron chi connectivity index (χ1n) is 27.5. The molecule has 6 heteroatoms. The predicted octanol–water partition coefficient (Wildman–Crippen LogP) is 18.1. The summed E-state index contributed by atoms with van der Waals surface area (Å²) in [5.41, 5.74) is 0. The molecule has 0 saturated heterocycles. The molecule has 0 aromatic carbocycles. The lowest BCUT2D eigenvalue weighted by molar-refractivity contribution is -0.167. The Hall–Kier alpha value is -2.37. The van der Waals surface area contributed by atoms with Gasteiger partial charge in [-0.15, -0.1) is 0 Å². The Morgan fingerprint density at radius 3 is 0.952 bits per heavy atom. The maximum atomic E-state index is 12.8.